The van der Waals surface area contributed by atoms with E-state index in [0.29, 0.717) is 0 Å². The molecule has 1 aliphatic rings. The van der Waals surface area contributed by atoms with E-state index in [1.54, 1.807) is 0 Å². The first-order valence-electron chi connectivity index (χ1n) is 5.51. The van der Waals surface area contributed by atoms with Gasteiger partial charge in [-0.15, -0.1) is 0 Å². The first kappa shape index (κ1) is 11.6. The normalized spacial score (nSPS) is 20.6. The summed E-state index contributed by atoms with van der Waals surface area (Å²) in [6.07, 6.45) is 1.77. The third-order valence-electron chi connectivity index (χ3n) is 2.74. The lowest BCUT2D eigenvalue weighted by Crippen LogP contribution is -2.52. The lowest BCUT2D eigenvalue weighted by Gasteiger charge is -2.23. The van der Waals surface area contributed by atoms with Crippen molar-refractivity contribution >= 4 is 21.8 Å². The largest absolute Gasteiger partial charge is 0.353 e. The molecule has 0 spiro atoms. The molecule has 0 saturated carbocycles. The minimum Gasteiger partial charge on any atom is -0.353 e. The minimum absolute atomic E-state index is 0.0345. The SMILES string of the molecule is O=C1NCCNC1CCc1cccc(Br)c1. The zero-order valence-electron chi connectivity index (χ0n) is 9.00. The molecule has 3 nitrogen and oxygen atoms in total. The van der Waals surface area contributed by atoms with Gasteiger partial charge in [-0.2, -0.15) is 0 Å². The molecule has 86 valence electrons. The van der Waals surface area contributed by atoms with Crippen molar-refractivity contribution in [3.05, 3.63) is 34.3 Å². The van der Waals surface area contributed by atoms with Crippen molar-refractivity contribution in [2.24, 2.45) is 0 Å². The minimum atomic E-state index is -0.0345. The second-order valence-corrected chi connectivity index (χ2v) is 4.88. The van der Waals surface area contributed by atoms with Gasteiger partial charge in [0.15, 0.2) is 0 Å². The number of piperazine rings is 1. The smallest absolute Gasteiger partial charge is 0.237 e. The zero-order chi connectivity index (χ0) is 11.4. The first-order chi connectivity index (χ1) is 7.75. The van der Waals surface area contributed by atoms with Crippen LogP contribution in [-0.2, 0) is 11.2 Å². The maximum Gasteiger partial charge on any atom is 0.237 e. The number of rotatable bonds is 3. The van der Waals surface area contributed by atoms with Gasteiger partial charge in [-0.25, -0.2) is 0 Å². The standard InChI is InChI=1S/C12H15BrN2O/c13-10-3-1-2-9(8-10)4-5-11-12(16)15-7-6-14-11/h1-3,8,11,14H,4-7H2,(H,15,16). The van der Waals surface area contributed by atoms with Gasteiger partial charge in [0.1, 0.15) is 0 Å². The highest BCUT2D eigenvalue weighted by Crippen LogP contribution is 2.14. The van der Waals surface area contributed by atoms with Crippen LogP contribution in [0.4, 0.5) is 0 Å². The van der Waals surface area contributed by atoms with Gasteiger partial charge in [-0.05, 0) is 30.5 Å². The summed E-state index contributed by atoms with van der Waals surface area (Å²) in [6.45, 7) is 1.61. The summed E-state index contributed by atoms with van der Waals surface area (Å²) < 4.78 is 1.09. The summed E-state index contributed by atoms with van der Waals surface area (Å²) in [6, 6.07) is 8.18. The molecule has 16 heavy (non-hydrogen) atoms. The Bertz CT molecular complexity index is 381. The van der Waals surface area contributed by atoms with Gasteiger partial charge in [-0.1, -0.05) is 28.1 Å². The molecule has 1 aliphatic heterocycles. The first-order valence-corrected chi connectivity index (χ1v) is 6.30. The quantitative estimate of drug-likeness (QED) is 0.882. The number of amides is 1. The summed E-state index contributed by atoms with van der Waals surface area (Å²) in [7, 11) is 0. The summed E-state index contributed by atoms with van der Waals surface area (Å²) in [4.78, 5) is 11.5. The van der Waals surface area contributed by atoms with Crippen LogP contribution in [0.25, 0.3) is 0 Å². The van der Waals surface area contributed by atoms with Crippen molar-refractivity contribution in [1.29, 1.82) is 0 Å². The topological polar surface area (TPSA) is 41.1 Å². The number of benzene rings is 1. The van der Waals surface area contributed by atoms with E-state index in [4.69, 9.17) is 0 Å². The Labute approximate surface area is 104 Å². The number of nitrogens with one attached hydrogen (secondary N) is 2. The monoisotopic (exact) mass is 282 g/mol. The molecule has 1 saturated heterocycles. The predicted molar refractivity (Wildman–Crippen MR) is 67.3 cm³/mol. The Morgan fingerprint density at radius 3 is 3.00 bits per heavy atom. The van der Waals surface area contributed by atoms with Crippen molar-refractivity contribution in [2.75, 3.05) is 13.1 Å². The second kappa shape index (κ2) is 5.46. The van der Waals surface area contributed by atoms with Gasteiger partial charge in [0, 0.05) is 17.6 Å². The second-order valence-electron chi connectivity index (χ2n) is 3.97. The highest BCUT2D eigenvalue weighted by atomic mass is 79.9. The summed E-state index contributed by atoms with van der Waals surface area (Å²) in [5.41, 5.74) is 1.26. The molecule has 1 atom stereocenters. The molecule has 1 aromatic rings. The molecule has 1 fully saturated rings. The molecule has 1 aromatic carbocycles. The summed E-state index contributed by atoms with van der Waals surface area (Å²) >= 11 is 3.45. The molecule has 0 aromatic heterocycles. The molecule has 4 heteroatoms. The van der Waals surface area contributed by atoms with E-state index >= 15 is 0 Å². The molecule has 0 radical (unpaired) electrons. The molecule has 1 amide bonds. The Kier molecular flexibility index (Phi) is 3.96. The van der Waals surface area contributed by atoms with E-state index in [9.17, 15) is 4.79 Å². The van der Waals surface area contributed by atoms with Crippen LogP contribution in [0.2, 0.25) is 0 Å². The van der Waals surface area contributed by atoms with E-state index in [0.717, 1.165) is 30.4 Å². The molecule has 0 aliphatic carbocycles. The van der Waals surface area contributed by atoms with Gasteiger partial charge in [-0.3, -0.25) is 4.79 Å². The number of carbonyl (C=O) groups excluding carboxylic acids is 1. The van der Waals surface area contributed by atoms with Crippen LogP contribution >= 0.6 is 15.9 Å². The average molecular weight is 283 g/mol. The van der Waals surface area contributed by atoms with E-state index in [-0.39, 0.29) is 11.9 Å². The third-order valence-corrected chi connectivity index (χ3v) is 3.24. The highest BCUT2D eigenvalue weighted by molar-refractivity contribution is 9.10. The van der Waals surface area contributed by atoms with E-state index in [2.05, 4.69) is 38.7 Å². The van der Waals surface area contributed by atoms with Crippen molar-refractivity contribution in [3.63, 3.8) is 0 Å². The number of aryl methyl sites for hydroxylation is 1. The van der Waals surface area contributed by atoms with Crippen LogP contribution in [0.5, 0.6) is 0 Å². The molecule has 2 rings (SSSR count). The van der Waals surface area contributed by atoms with E-state index < -0.39 is 0 Å². The zero-order valence-corrected chi connectivity index (χ0v) is 10.6. The Morgan fingerprint density at radius 2 is 2.25 bits per heavy atom. The Morgan fingerprint density at radius 1 is 1.38 bits per heavy atom. The van der Waals surface area contributed by atoms with Crippen LogP contribution in [0.15, 0.2) is 28.7 Å². The van der Waals surface area contributed by atoms with Crippen LogP contribution in [0, 0.1) is 0 Å². The number of halogens is 1. The van der Waals surface area contributed by atoms with Gasteiger partial charge in [0.2, 0.25) is 5.91 Å². The lowest BCUT2D eigenvalue weighted by atomic mass is 10.0. The highest BCUT2D eigenvalue weighted by Gasteiger charge is 2.20. The van der Waals surface area contributed by atoms with Crippen LogP contribution in [-0.4, -0.2) is 25.0 Å². The maximum atomic E-state index is 11.5. The fourth-order valence-corrected chi connectivity index (χ4v) is 2.33. The molecular weight excluding hydrogens is 268 g/mol. The molecule has 1 unspecified atom stereocenters. The van der Waals surface area contributed by atoms with Crippen molar-refractivity contribution in [2.45, 2.75) is 18.9 Å². The van der Waals surface area contributed by atoms with Crippen LogP contribution in [0.3, 0.4) is 0 Å². The Hall–Kier alpha value is -0.870. The fraction of sp³-hybridized carbons (Fsp3) is 0.417. The van der Waals surface area contributed by atoms with Crippen molar-refractivity contribution in [1.82, 2.24) is 10.6 Å². The number of hydrogen-bond donors (Lipinski definition) is 2. The summed E-state index contributed by atoms with van der Waals surface area (Å²) in [5, 5.41) is 6.10. The van der Waals surface area contributed by atoms with Gasteiger partial charge in [0.25, 0.3) is 0 Å². The molecule has 0 bridgehead atoms. The van der Waals surface area contributed by atoms with E-state index in [1.807, 2.05) is 12.1 Å². The lowest BCUT2D eigenvalue weighted by molar-refractivity contribution is -0.124. The van der Waals surface area contributed by atoms with E-state index in [1.165, 1.54) is 5.56 Å². The molecule has 1 heterocycles. The molecular formula is C12H15BrN2O. The Balaban J connectivity index is 1.89. The maximum absolute atomic E-state index is 11.5. The van der Waals surface area contributed by atoms with Gasteiger partial charge >= 0.3 is 0 Å². The van der Waals surface area contributed by atoms with Crippen molar-refractivity contribution in [3.8, 4) is 0 Å². The van der Waals surface area contributed by atoms with Gasteiger partial charge < -0.3 is 10.6 Å². The summed E-state index contributed by atoms with van der Waals surface area (Å²) in [5.74, 6) is 0.126. The molecule has 2 N–H and O–H groups in total. The van der Waals surface area contributed by atoms with Crippen molar-refractivity contribution < 1.29 is 4.79 Å². The average Bonchev–Trinajstić information content (AvgIpc) is 2.28. The van der Waals surface area contributed by atoms with Crippen LogP contribution in [0.1, 0.15) is 12.0 Å². The number of hydrogen-bond acceptors (Lipinski definition) is 2. The van der Waals surface area contributed by atoms with Gasteiger partial charge in [0.05, 0.1) is 6.04 Å². The predicted octanol–water partition coefficient (Wildman–Crippen LogP) is 1.47. The third kappa shape index (κ3) is 3.06. The van der Waals surface area contributed by atoms with Crippen LogP contribution < -0.4 is 10.6 Å². The fourth-order valence-electron chi connectivity index (χ4n) is 1.88. The number of carbonyl (C=O) groups is 1.